The van der Waals surface area contributed by atoms with Gasteiger partial charge in [-0.15, -0.1) is 0 Å². The minimum absolute atomic E-state index is 0.0573. The third kappa shape index (κ3) is 5.95. The number of rotatable bonds is 6. The summed E-state index contributed by atoms with van der Waals surface area (Å²) in [5, 5.41) is 3.24. The van der Waals surface area contributed by atoms with Gasteiger partial charge in [-0.2, -0.15) is 0 Å². The van der Waals surface area contributed by atoms with E-state index in [0.29, 0.717) is 14.3 Å². The average Bonchev–Trinajstić information content (AvgIpc) is 2.61. The SMILES string of the molecule is CC(=O)c1cc(I)cc(S(=O)(=O)NC(=O)Nc2c(C(C)C)cc(Cl)cc2C(C)C)c1. The van der Waals surface area contributed by atoms with Crippen LogP contribution in [0.4, 0.5) is 10.5 Å². The molecule has 2 N–H and O–H groups in total. The second-order valence-electron chi connectivity index (χ2n) is 7.56. The monoisotopic (exact) mass is 562 g/mol. The fourth-order valence-corrected chi connectivity index (χ4v) is 5.04. The lowest BCUT2D eigenvalue weighted by Gasteiger charge is -2.21. The largest absolute Gasteiger partial charge is 0.333 e. The van der Waals surface area contributed by atoms with Crippen molar-refractivity contribution < 1.29 is 18.0 Å². The number of hydrogen-bond acceptors (Lipinski definition) is 4. The lowest BCUT2D eigenvalue weighted by Crippen LogP contribution is -2.35. The number of hydrogen-bond donors (Lipinski definition) is 2. The highest BCUT2D eigenvalue weighted by Gasteiger charge is 2.22. The topological polar surface area (TPSA) is 92.3 Å². The molecule has 0 unspecified atom stereocenters. The number of amides is 2. The van der Waals surface area contributed by atoms with Crippen molar-refractivity contribution in [3.63, 3.8) is 0 Å². The third-order valence-corrected chi connectivity index (χ3v) is 6.61. The molecule has 2 aromatic rings. The molecule has 6 nitrogen and oxygen atoms in total. The van der Waals surface area contributed by atoms with Crippen molar-refractivity contribution in [1.29, 1.82) is 0 Å². The Morgan fingerprint density at radius 1 is 0.967 bits per heavy atom. The van der Waals surface area contributed by atoms with E-state index >= 15 is 0 Å². The Balaban J connectivity index is 2.39. The number of benzene rings is 2. The van der Waals surface area contributed by atoms with Crippen molar-refractivity contribution in [2.45, 2.75) is 51.3 Å². The molecule has 162 valence electrons. The number of carbonyl (C=O) groups excluding carboxylic acids is 2. The maximum absolute atomic E-state index is 12.7. The van der Waals surface area contributed by atoms with Crippen LogP contribution in [0, 0.1) is 3.57 Å². The molecule has 0 aliphatic rings. The molecule has 0 spiro atoms. The number of carbonyl (C=O) groups is 2. The Bertz CT molecular complexity index is 1070. The summed E-state index contributed by atoms with van der Waals surface area (Å²) in [6, 6.07) is 6.87. The zero-order valence-electron chi connectivity index (χ0n) is 17.3. The van der Waals surface area contributed by atoms with Gasteiger partial charge in [0.05, 0.1) is 4.90 Å². The second kappa shape index (κ2) is 9.65. The van der Waals surface area contributed by atoms with E-state index in [-0.39, 0.29) is 28.1 Å². The molecule has 0 atom stereocenters. The lowest BCUT2D eigenvalue weighted by molar-refractivity contribution is 0.101. The molecular formula is C21H24ClIN2O4S. The molecule has 0 saturated heterocycles. The van der Waals surface area contributed by atoms with Gasteiger partial charge in [-0.05, 0) is 82.8 Å². The number of halogens is 2. The summed E-state index contributed by atoms with van der Waals surface area (Å²) in [4.78, 5) is 24.1. The predicted molar refractivity (Wildman–Crippen MR) is 128 cm³/mol. The van der Waals surface area contributed by atoms with Gasteiger partial charge in [-0.25, -0.2) is 17.9 Å². The molecule has 0 radical (unpaired) electrons. The van der Waals surface area contributed by atoms with Crippen molar-refractivity contribution in [3.05, 3.63) is 55.6 Å². The normalized spacial score (nSPS) is 11.6. The highest BCUT2D eigenvalue weighted by atomic mass is 127. The van der Waals surface area contributed by atoms with Gasteiger partial charge in [0.2, 0.25) is 0 Å². The molecule has 2 aromatic carbocycles. The minimum Gasteiger partial charge on any atom is -0.307 e. The summed E-state index contributed by atoms with van der Waals surface area (Å²) in [6.45, 7) is 9.20. The summed E-state index contributed by atoms with van der Waals surface area (Å²) >= 11 is 8.16. The predicted octanol–water partition coefficient (Wildman–Crippen LogP) is 5.90. The summed E-state index contributed by atoms with van der Waals surface area (Å²) in [7, 11) is -4.18. The van der Waals surface area contributed by atoms with Gasteiger partial charge in [0.25, 0.3) is 10.0 Å². The zero-order valence-corrected chi connectivity index (χ0v) is 21.1. The van der Waals surface area contributed by atoms with Crippen LogP contribution in [0.2, 0.25) is 5.02 Å². The van der Waals surface area contributed by atoms with Gasteiger partial charge in [-0.3, -0.25) is 4.79 Å². The molecule has 0 aromatic heterocycles. The third-order valence-electron chi connectivity index (χ3n) is 4.46. The highest BCUT2D eigenvalue weighted by molar-refractivity contribution is 14.1. The molecule has 9 heteroatoms. The molecule has 0 bridgehead atoms. The highest BCUT2D eigenvalue weighted by Crippen LogP contribution is 2.35. The van der Waals surface area contributed by atoms with Crippen molar-refractivity contribution in [1.82, 2.24) is 4.72 Å². The van der Waals surface area contributed by atoms with Gasteiger partial charge in [-0.1, -0.05) is 39.3 Å². The molecule has 0 fully saturated rings. The van der Waals surface area contributed by atoms with E-state index in [1.54, 1.807) is 18.2 Å². The molecule has 0 heterocycles. The molecule has 30 heavy (non-hydrogen) atoms. The van der Waals surface area contributed by atoms with E-state index in [9.17, 15) is 18.0 Å². The molecule has 2 rings (SSSR count). The van der Waals surface area contributed by atoms with E-state index in [4.69, 9.17) is 11.6 Å². The van der Waals surface area contributed by atoms with Crippen LogP contribution in [0.3, 0.4) is 0 Å². The van der Waals surface area contributed by atoms with Crippen LogP contribution in [-0.2, 0) is 10.0 Å². The van der Waals surface area contributed by atoms with E-state index in [1.807, 2.05) is 55.0 Å². The number of urea groups is 1. The summed E-state index contributed by atoms with van der Waals surface area (Å²) < 4.78 is 28.1. The van der Waals surface area contributed by atoms with Crippen LogP contribution >= 0.6 is 34.2 Å². The van der Waals surface area contributed by atoms with E-state index < -0.39 is 16.1 Å². The first-order valence-electron chi connectivity index (χ1n) is 9.30. The Morgan fingerprint density at radius 2 is 1.50 bits per heavy atom. The molecule has 0 saturated carbocycles. The maximum Gasteiger partial charge on any atom is 0.333 e. The van der Waals surface area contributed by atoms with E-state index in [0.717, 1.165) is 11.1 Å². The molecule has 2 amide bonds. The standard InChI is InChI=1S/C21H24ClIN2O4S/c1-11(2)18-8-15(22)9-19(12(3)4)20(18)24-21(27)25-30(28,29)17-7-14(13(5)26)6-16(23)10-17/h6-12H,1-5H3,(H2,24,25,27). The van der Waals surface area contributed by atoms with Crippen LogP contribution in [0.15, 0.2) is 35.2 Å². The van der Waals surface area contributed by atoms with Crippen LogP contribution in [0.1, 0.15) is 67.9 Å². The van der Waals surface area contributed by atoms with Crippen LogP contribution < -0.4 is 10.0 Å². The minimum atomic E-state index is -4.18. The van der Waals surface area contributed by atoms with Crippen LogP contribution in [0.25, 0.3) is 0 Å². The van der Waals surface area contributed by atoms with E-state index in [1.165, 1.54) is 19.1 Å². The summed E-state index contributed by atoms with van der Waals surface area (Å²) in [5.41, 5.74) is 2.42. The van der Waals surface area contributed by atoms with Crippen molar-refractivity contribution in [3.8, 4) is 0 Å². The number of ketones is 1. The average molecular weight is 563 g/mol. The second-order valence-corrected chi connectivity index (χ2v) is 10.9. The first-order chi connectivity index (χ1) is 13.8. The molecule has 0 aliphatic heterocycles. The van der Waals surface area contributed by atoms with Gasteiger partial charge >= 0.3 is 6.03 Å². The van der Waals surface area contributed by atoms with Crippen LogP contribution in [0.5, 0.6) is 0 Å². The fourth-order valence-electron chi connectivity index (χ4n) is 2.95. The number of Topliss-reactive ketones (excluding diaryl/α,β-unsaturated/α-hetero) is 1. The first kappa shape index (κ1) is 24.6. The lowest BCUT2D eigenvalue weighted by atomic mass is 9.92. The number of sulfonamides is 1. The number of anilines is 1. The number of nitrogens with one attached hydrogen (secondary N) is 2. The molecular weight excluding hydrogens is 539 g/mol. The Labute approximate surface area is 196 Å². The first-order valence-corrected chi connectivity index (χ1v) is 12.2. The molecule has 0 aliphatic carbocycles. The fraction of sp³-hybridized carbons (Fsp3) is 0.333. The summed E-state index contributed by atoms with van der Waals surface area (Å²) in [6.07, 6.45) is 0. The van der Waals surface area contributed by atoms with Crippen molar-refractivity contribution in [2.75, 3.05) is 5.32 Å². The Hall–Kier alpha value is -1.65. The van der Waals surface area contributed by atoms with Gasteiger partial charge in [0, 0.05) is 19.8 Å². The van der Waals surface area contributed by atoms with Gasteiger partial charge < -0.3 is 5.32 Å². The smallest absolute Gasteiger partial charge is 0.307 e. The Morgan fingerprint density at radius 3 is 1.97 bits per heavy atom. The summed E-state index contributed by atoms with van der Waals surface area (Å²) in [5.74, 6) is -0.150. The van der Waals surface area contributed by atoms with Crippen molar-refractivity contribution in [2.24, 2.45) is 0 Å². The quantitative estimate of drug-likeness (QED) is 0.338. The van der Waals surface area contributed by atoms with Crippen molar-refractivity contribution >= 4 is 61.7 Å². The van der Waals surface area contributed by atoms with Gasteiger partial charge in [0.15, 0.2) is 5.78 Å². The van der Waals surface area contributed by atoms with Gasteiger partial charge in [0.1, 0.15) is 0 Å². The maximum atomic E-state index is 12.7. The Kier molecular flexibility index (Phi) is 7.92. The zero-order chi connectivity index (χ0) is 22.8. The van der Waals surface area contributed by atoms with E-state index in [2.05, 4.69) is 5.32 Å². The van der Waals surface area contributed by atoms with Crippen LogP contribution in [-0.4, -0.2) is 20.2 Å².